The van der Waals surface area contributed by atoms with Crippen LogP contribution in [-0.2, 0) is 9.53 Å². The third-order valence-electron chi connectivity index (χ3n) is 3.30. The van der Waals surface area contributed by atoms with Crippen molar-refractivity contribution in [2.45, 2.75) is 18.4 Å². The lowest BCUT2D eigenvalue weighted by molar-refractivity contribution is -0.148. The normalized spacial score (nSPS) is 17.5. The minimum atomic E-state index is -1.34. The fraction of sp³-hybridized carbons (Fsp3) is 0.385. The monoisotopic (exact) mass is 317 g/mol. The van der Waals surface area contributed by atoms with E-state index in [1.54, 1.807) is 6.07 Å². The Hall–Kier alpha value is -1.30. The van der Waals surface area contributed by atoms with E-state index in [0.29, 0.717) is 0 Å². The standard InChI is InChI=1S/C13H13Cl2NO4/c14-8-2-1-3-9(15)10(8)11(17)16-13(12(18)19)4-6-20-7-5-13/h1-3H,4-7H2,(H,16,17)(H,18,19). The molecule has 20 heavy (non-hydrogen) atoms. The van der Waals surface area contributed by atoms with Gasteiger partial charge >= 0.3 is 5.97 Å². The molecule has 2 N–H and O–H groups in total. The van der Waals surface area contributed by atoms with Gasteiger partial charge in [-0.1, -0.05) is 29.3 Å². The van der Waals surface area contributed by atoms with Gasteiger partial charge in [-0.25, -0.2) is 4.79 Å². The van der Waals surface area contributed by atoms with Crippen LogP contribution in [0.2, 0.25) is 10.0 Å². The average Bonchev–Trinajstić information content (AvgIpc) is 2.39. The van der Waals surface area contributed by atoms with Gasteiger partial charge in [0.15, 0.2) is 0 Å². The highest BCUT2D eigenvalue weighted by Crippen LogP contribution is 2.27. The molecule has 0 aliphatic carbocycles. The van der Waals surface area contributed by atoms with Gasteiger partial charge in [0.2, 0.25) is 0 Å². The van der Waals surface area contributed by atoms with Crippen LogP contribution in [0.4, 0.5) is 0 Å². The van der Waals surface area contributed by atoms with Gasteiger partial charge in [0.05, 0.1) is 15.6 Å². The summed E-state index contributed by atoms with van der Waals surface area (Å²) >= 11 is 11.9. The second-order valence-corrected chi connectivity index (χ2v) is 5.36. The van der Waals surface area contributed by atoms with Crippen molar-refractivity contribution in [3.8, 4) is 0 Å². The summed E-state index contributed by atoms with van der Waals surface area (Å²) < 4.78 is 5.14. The Kier molecular flexibility index (Phi) is 4.52. The van der Waals surface area contributed by atoms with Crippen molar-refractivity contribution in [3.05, 3.63) is 33.8 Å². The van der Waals surface area contributed by atoms with Gasteiger partial charge in [0.25, 0.3) is 5.91 Å². The number of carbonyl (C=O) groups excluding carboxylic acids is 1. The topological polar surface area (TPSA) is 75.6 Å². The fourth-order valence-electron chi connectivity index (χ4n) is 2.11. The van der Waals surface area contributed by atoms with E-state index < -0.39 is 17.4 Å². The van der Waals surface area contributed by atoms with E-state index in [9.17, 15) is 14.7 Å². The molecule has 1 saturated heterocycles. The molecule has 0 saturated carbocycles. The zero-order valence-electron chi connectivity index (χ0n) is 10.5. The largest absolute Gasteiger partial charge is 0.480 e. The number of carbonyl (C=O) groups is 2. The van der Waals surface area contributed by atoms with Crippen molar-refractivity contribution < 1.29 is 19.4 Å². The van der Waals surface area contributed by atoms with Gasteiger partial charge in [-0.05, 0) is 12.1 Å². The van der Waals surface area contributed by atoms with Crippen LogP contribution in [0.3, 0.4) is 0 Å². The summed E-state index contributed by atoms with van der Waals surface area (Å²) in [6.45, 7) is 0.561. The number of ether oxygens (including phenoxy) is 1. The van der Waals surface area contributed by atoms with Crippen molar-refractivity contribution in [1.29, 1.82) is 0 Å². The van der Waals surface area contributed by atoms with Crippen LogP contribution in [0.1, 0.15) is 23.2 Å². The predicted octanol–water partition coefficient (Wildman–Crippen LogP) is 2.36. The first kappa shape index (κ1) is 15.1. The minimum Gasteiger partial charge on any atom is -0.480 e. The SMILES string of the molecule is O=C(NC1(C(=O)O)CCOCC1)c1c(Cl)cccc1Cl. The van der Waals surface area contributed by atoms with Crippen LogP contribution in [0.25, 0.3) is 0 Å². The van der Waals surface area contributed by atoms with Crippen LogP contribution >= 0.6 is 23.2 Å². The molecule has 1 aliphatic rings. The smallest absolute Gasteiger partial charge is 0.329 e. The van der Waals surface area contributed by atoms with E-state index in [4.69, 9.17) is 27.9 Å². The van der Waals surface area contributed by atoms with E-state index in [2.05, 4.69) is 5.32 Å². The van der Waals surface area contributed by atoms with Gasteiger partial charge < -0.3 is 15.2 Å². The number of amides is 1. The molecule has 2 rings (SSSR count). The molecule has 1 aromatic carbocycles. The van der Waals surface area contributed by atoms with E-state index in [-0.39, 0.29) is 41.7 Å². The molecule has 1 aromatic rings. The molecule has 0 radical (unpaired) electrons. The molecule has 1 amide bonds. The molecule has 1 fully saturated rings. The van der Waals surface area contributed by atoms with E-state index in [0.717, 1.165) is 0 Å². The summed E-state index contributed by atoms with van der Waals surface area (Å²) in [5, 5.41) is 12.3. The van der Waals surface area contributed by atoms with Crippen LogP contribution < -0.4 is 5.32 Å². The molecular weight excluding hydrogens is 305 g/mol. The highest BCUT2D eigenvalue weighted by molar-refractivity contribution is 6.39. The Labute approximate surface area is 125 Å². The number of carboxylic acid groups (broad SMARTS) is 1. The Balaban J connectivity index is 2.27. The maximum Gasteiger partial charge on any atom is 0.329 e. The molecule has 0 spiro atoms. The second-order valence-electron chi connectivity index (χ2n) is 4.55. The van der Waals surface area contributed by atoms with Gasteiger partial charge in [-0.2, -0.15) is 0 Å². The first-order valence-corrected chi connectivity index (χ1v) is 6.79. The van der Waals surface area contributed by atoms with Gasteiger partial charge in [0, 0.05) is 26.1 Å². The Bertz CT molecular complexity index is 521. The maximum absolute atomic E-state index is 12.3. The summed E-state index contributed by atoms with van der Waals surface area (Å²) in [5.74, 6) is -1.68. The number of aliphatic carboxylic acids is 1. The lowest BCUT2D eigenvalue weighted by Gasteiger charge is -2.34. The Morgan fingerprint density at radius 3 is 2.25 bits per heavy atom. The Morgan fingerprint density at radius 2 is 1.75 bits per heavy atom. The molecule has 1 heterocycles. The van der Waals surface area contributed by atoms with Crippen LogP contribution in [0.15, 0.2) is 18.2 Å². The summed E-state index contributed by atoms with van der Waals surface area (Å²) in [6.07, 6.45) is 0.409. The fourth-order valence-corrected chi connectivity index (χ4v) is 2.68. The number of halogens is 2. The van der Waals surface area contributed by atoms with Crippen molar-refractivity contribution in [3.63, 3.8) is 0 Å². The highest BCUT2D eigenvalue weighted by Gasteiger charge is 2.42. The quantitative estimate of drug-likeness (QED) is 0.897. The number of carboxylic acids is 1. The third-order valence-corrected chi connectivity index (χ3v) is 3.93. The van der Waals surface area contributed by atoms with Gasteiger partial charge in [-0.3, -0.25) is 4.79 Å². The van der Waals surface area contributed by atoms with Crippen molar-refractivity contribution in [2.75, 3.05) is 13.2 Å². The summed E-state index contributed by atoms with van der Waals surface area (Å²) in [4.78, 5) is 23.8. The lowest BCUT2D eigenvalue weighted by atomic mass is 9.89. The maximum atomic E-state index is 12.3. The van der Waals surface area contributed by atoms with Crippen LogP contribution in [0, 0.1) is 0 Å². The molecule has 0 bridgehead atoms. The van der Waals surface area contributed by atoms with E-state index in [1.165, 1.54) is 12.1 Å². The second kappa shape index (κ2) is 5.99. The van der Waals surface area contributed by atoms with Crippen LogP contribution in [-0.4, -0.2) is 35.7 Å². The number of rotatable bonds is 3. The minimum absolute atomic E-state index is 0.0861. The van der Waals surface area contributed by atoms with E-state index in [1.807, 2.05) is 0 Å². The first-order chi connectivity index (χ1) is 9.46. The number of benzene rings is 1. The summed E-state index contributed by atoms with van der Waals surface area (Å²) in [6, 6.07) is 4.67. The third kappa shape index (κ3) is 2.90. The number of nitrogens with one attached hydrogen (secondary N) is 1. The molecule has 1 aliphatic heterocycles. The molecule has 5 nitrogen and oxygen atoms in total. The van der Waals surface area contributed by atoms with Crippen molar-refractivity contribution in [2.24, 2.45) is 0 Å². The summed E-state index contributed by atoms with van der Waals surface area (Å²) in [7, 11) is 0. The zero-order chi connectivity index (χ0) is 14.8. The van der Waals surface area contributed by atoms with Gasteiger partial charge in [-0.15, -0.1) is 0 Å². The van der Waals surface area contributed by atoms with Crippen molar-refractivity contribution in [1.82, 2.24) is 5.32 Å². The first-order valence-electron chi connectivity index (χ1n) is 6.04. The highest BCUT2D eigenvalue weighted by atomic mass is 35.5. The van der Waals surface area contributed by atoms with E-state index >= 15 is 0 Å². The molecular formula is C13H13Cl2NO4. The van der Waals surface area contributed by atoms with Gasteiger partial charge in [0.1, 0.15) is 5.54 Å². The molecule has 0 unspecified atom stereocenters. The molecule has 0 aromatic heterocycles. The summed E-state index contributed by atoms with van der Waals surface area (Å²) in [5.41, 5.74) is -1.25. The molecule has 108 valence electrons. The average molecular weight is 318 g/mol. The predicted molar refractivity (Wildman–Crippen MR) is 74.3 cm³/mol. The van der Waals surface area contributed by atoms with Crippen LogP contribution in [0.5, 0.6) is 0 Å². The Morgan fingerprint density at radius 1 is 1.20 bits per heavy atom. The van der Waals surface area contributed by atoms with Crippen molar-refractivity contribution >= 4 is 35.1 Å². The lowest BCUT2D eigenvalue weighted by Crippen LogP contribution is -2.57. The number of hydrogen-bond acceptors (Lipinski definition) is 3. The zero-order valence-corrected chi connectivity index (χ0v) is 12.0. The molecule has 0 atom stereocenters. The molecule has 7 heteroatoms. The number of hydrogen-bond donors (Lipinski definition) is 2.